The van der Waals surface area contributed by atoms with Crippen molar-refractivity contribution in [2.24, 2.45) is 11.0 Å². The molecule has 0 bridgehead atoms. The zero-order valence-electron chi connectivity index (χ0n) is 30.3. The normalized spacial score (nSPS) is 13.4. The number of nitrogens with zero attached hydrogens (tertiary/aromatic N) is 3. The molecule has 0 fully saturated rings. The second kappa shape index (κ2) is 33.5. The van der Waals surface area contributed by atoms with E-state index < -0.39 is 0 Å². The smallest absolute Gasteiger partial charge is 0.0484 e. The third kappa shape index (κ3) is 33.4. The summed E-state index contributed by atoms with van der Waals surface area (Å²) in [6.45, 7) is 9.02. The first kappa shape index (κ1) is 41.7. The maximum atomic E-state index is 5.06. The van der Waals surface area contributed by atoms with Gasteiger partial charge in [-0.25, -0.2) is 0 Å². The molecule has 0 rings (SSSR count). The molecule has 0 aliphatic rings. The molecule has 0 N–H and O–H groups in total. The van der Waals surface area contributed by atoms with Gasteiger partial charge >= 0.3 is 0 Å². The molecule has 0 heterocycles. The van der Waals surface area contributed by atoms with Gasteiger partial charge in [-0.3, -0.25) is 5.01 Å². The summed E-state index contributed by atoms with van der Waals surface area (Å²) in [5.41, 5.74) is 1.44. The molecular weight excluding hydrogens is 522 g/mol. The van der Waals surface area contributed by atoms with Gasteiger partial charge in [0.25, 0.3) is 0 Å². The Morgan fingerprint density at radius 1 is 0.558 bits per heavy atom. The van der Waals surface area contributed by atoms with Crippen molar-refractivity contribution in [3.05, 3.63) is 36.5 Å². The minimum atomic E-state index is 0.843. The molecule has 3 heteroatoms. The van der Waals surface area contributed by atoms with Crippen molar-refractivity contribution in [2.75, 3.05) is 34.2 Å². The molecule has 0 spiro atoms. The van der Waals surface area contributed by atoms with Crippen LogP contribution in [0.1, 0.15) is 175 Å². The van der Waals surface area contributed by atoms with Crippen molar-refractivity contribution in [1.82, 2.24) is 9.91 Å². The molecule has 43 heavy (non-hydrogen) atoms. The lowest BCUT2D eigenvalue weighted by Crippen LogP contribution is -2.26. The van der Waals surface area contributed by atoms with E-state index in [0.717, 1.165) is 25.4 Å². The van der Waals surface area contributed by atoms with E-state index in [0.29, 0.717) is 0 Å². The highest BCUT2D eigenvalue weighted by Crippen LogP contribution is 2.17. The SMILES string of the molecule is CCCC/C=C/C/C=C\CCCCCCCCC(CCCCCCCCC(C)C/C=C/CCCC)=NN(C)CCN(C)C. The second-order valence-corrected chi connectivity index (χ2v) is 13.4. The molecule has 0 aromatic heterocycles. The maximum Gasteiger partial charge on any atom is 0.0484 e. The Morgan fingerprint density at radius 3 is 1.60 bits per heavy atom. The van der Waals surface area contributed by atoms with Crippen LogP contribution in [0.3, 0.4) is 0 Å². The van der Waals surface area contributed by atoms with E-state index in [2.05, 4.69) is 88.3 Å². The molecule has 0 aromatic rings. The van der Waals surface area contributed by atoms with Gasteiger partial charge in [0.2, 0.25) is 0 Å². The topological polar surface area (TPSA) is 18.8 Å². The Labute approximate surface area is 271 Å². The first-order chi connectivity index (χ1) is 21.0. The largest absolute Gasteiger partial charge is 0.308 e. The van der Waals surface area contributed by atoms with Gasteiger partial charge in [-0.05, 0) is 84.2 Å². The molecule has 0 saturated heterocycles. The number of likely N-dealkylation sites (N-methyl/N-ethyl adjacent to an activating group) is 2. The van der Waals surface area contributed by atoms with Crippen LogP contribution in [0, 0.1) is 5.92 Å². The van der Waals surface area contributed by atoms with Crippen LogP contribution in [-0.2, 0) is 0 Å². The third-order valence-electron chi connectivity index (χ3n) is 8.44. The van der Waals surface area contributed by atoms with Gasteiger partial charge in [0.05, 0.1) is 0 Å². The fourth-order valence-corrected chi connectivity index (χ4v) is 5.40. The number of rotatable bonds is 32. The van der Waals surface area contributed by atoms with E-state index in [-0.39, 0.29) is 0 Å². The first-order valence-corrected chi connectivity index (χ1v) is 18.9. The summed E-state index contributed by atoms with van der Waals surface area (Å²) in [5, 5.41) is 7.25. The lowest BCUT2D eigenvalue weighted by molar-refractivity contribution is 0.291. The molecule has 0 aromatic carbocycles. The van der Waals surface area contributed by atoms with E-state index in [1.807, 2.05) is 0 Å². The van der Waals surface area contributed by atoms with E-state index in [1.165, 1.54) is 153 Å². The Kier molecular flexibility index (Phi) is 32.5. The minimum Gasteiger partial charge on any atom is -0.308 e. The molecule has 1 unspecified atom stereocenters. The Morgan fingerprint density at radius 2 is 1.05 bits per heavy atom. The quantitative estimate of drug-likeness (QED) is 0.0331. The van der Waals surface area contributed by atoms with Gasteiger partial charge in [0, 0.05) is 25.8 Å². The van der Waals surface area contributed by atoms with E-state index in [9.17, 15) is 0 Å². The minimum absolute atomic E-state index is 0.843. The van der Waals surface area contributed by atoms with Gasteiger partial charge in [-0.1, -0.05) is 147 Å². The van der Waals surface area contributed by atoms with Crippen LogP contribution in [0.25, 0.3) is 0 Å². The lowest BCUT2D eigenvalue weighted by atomic mass is 9.98. The predicted molar refractivity (Wildman–Crippen MR) is 197 cm³/mol. The van der Waals surface area contributed by atoms with Crippen LogP contribution in [0.15, 0.2) is 41.6 Å². The van der Waals surface area contributed by atoms with Crippen LogP contribution in [0.5, 0.6) is 0 Å². The number of unbranched alkanes of at least 4 members (excludes halogenated alkanes) is 15. The summed E-state index contributed by atoms with van der Waals surface area (Å²) >= 11 is 0. The van der Waals surface area contributed by atoms with Crippen LogP contribution in [0.4, 0.5) is 0 Å². The second-order valence-electron chi connectivity index (χ2n) is 13.4. The zero-order chi connectivity index (χ0) is 31.6. The molecule has 0 amide bonds. The molecule has 1 atom stereocenters. The van der Waals surface area contributed by atoms with Gasteiger partial charge in [0.15, 0.2) is 0 Å². The van der Waals surface area contributed by atoms with E-state index in [1.54, 1.807) is 0 Å². The van der Waals surface area contributed by atoms with Crippen molar-refractivity contribution in [2.45, 2.75) is 175 Å². The standard InChI is InChI=1S/C40H77N3/c1-7-9-11-13-14-15-16-17-18-19-20-21-22-27-31-35-40(41-43(6)38-37-42(4)5)36-32-28-24-23-26-30-34-39(3)33-29-25-12-10-8-2/h13-14,16-17,25,29,39H,7-12,15,18-24,26-28,30-38H2,1-6H3/b14-13+,17-16-,29-25+,41-40?. The zero-order valence-corrected chi connectivity index (χ0v) is 30.3. The Hall–Kier alpha value is -1.35. The van der Waals surface area contributed by atoms with Crippen LogP contribution < -0.4 is 0 Å². The molecule has 3 nitrogen and oxygen atoms in total. The van der Waals surface area contributed by atoms with Gasteiger partial charge in [-0.15, -0.1) is 0 Å². The van der Waals surface area contributed by atoms with Gasteiger partial charge < -0.3 is 4.90 Å². The van der Waals surface area contributed by atoms with E-state index >= 15 is 0 Å². The molecular formula is C40H77N3. The highest BCUT2D eigenvalue weighted by atomic mass is 15.4. The van der Waals surface area contributed by atoms with Gasteiger partial charge in [0.1, 0.15) is 0 Å². The number of allylic oxidation sites excluding steroid dienone is 6. The summed E-state index contributed by atoms with van der Waals surface area (Å²) in [6.07, 6.45) is 45.7. The molecule has 0 aliphatic carbocycles. The van der Waals surface area contributed by atoms with E-state index in [4.69, 9.17) is 5.10 Å². The molecule has 0 saturated carbocycles. The Balaban J connectivity index is 4.07. The summed E-state index contributed by atoms with van der Waals surface area (Å²) in [5.74, 6) is 0.843. The van der Waals surface area contributed by atoms with Gasteiger partial charge in [-0.2, -0.15) is 5.10 Å². The maximum absolute atomic E-state index is 5.06. The van der Waals surface area contributed by atoms with Crippen LogP contribution in [-0.4, -0.2) is 49.9 Å². The first-order valence-electron chi connectivity index (χ1n) is 18.9. The average molecular weight is 600 g/mol. The third-order valence-corrected chi connectivity index (χ3v) is 8.44. The van der Waals surface area contributed by atoms with Crippen molar-refractivity contribution >= 4 is 5.71 Å². The summed E-state index contributed by atoms with van der Waals surface area (Å²) in [6, 6.07) is 0. The predicted octanol–water partition coefficient (Wildman–Crippen LogP) is 12.5. The summed E-state index contributed by atoms with van der Waals surface area (Å²) < 4.78 is 0. The number of hydrogen-bond donors (Lipinski definition) is 0. The number of hydrazone groups is 1. The molecule has 0 aliphatic heterocycles. The Bertz CT molecular complexity index is 675. The highest BCUT2D eigenvalue weighted by Gasteiger charge is 2.05. The fourth-order valence-electron chi connectivity index (χ4n) is 5.40. The summed E-state index contributed by atoms with van der Waals surface area (Å²) in [7, 11) is 6.45. The fraction of sp³-hybridized carbons (Fsp3) is 0.825. The van der Waals surface area contributed by atoms with Crippen molar-refractivity contribution in [3.8, 4) is 0 Å². The molecule has 252 valence electrons. The monoisotopic (exact) mass is 600 g/mol. The van der Waals surface area contributed by atoms with Crippen LogP contribution >= 0.6 is 0 Å². The lowest BCUT2D eigenvalue weighted by Gasteiger charge is -2.18. The number of hydrogen-bond acceptors (Lipinski definition) is 3. The van der Waals surface area contributed by atoms with Crippen LogP contribution in [0.2, 0.25) is 0 Å². The van der Waals surface area contributed by atoms with Crippen molar-refractivity contribution in [3.63, 3.8) is 0 Å². The highest BCUT2D eigenvalue weighted by molar-refractivity contribution is 5.84. The average Bonchev–Trinajstić information content (AvgIpc) is 2.99. The van der Waals surface area contributed by atoms with Crippen molar-refractivity contribution in [1.29, 1.82) is 0 Å². The van der Waals surface area contributed by atoms with Crippen molar-refractivity contribution < 1.29 is 0 Å². The summed E-state index contributed by atoms with van der Waals surface area (Å²) in [4.78, 5) is 2.25. The molecule has 0 radical (unpaired) electrons.